The van der Waals surface area contributed by atoms with Gasteiger partial charge in [0.15, 0.2) is 0 Å². The van der Waals surface area contributed by atoms with Crippen LogP contribution in [-0.4, -0.2) is 37.8 Å². The number of nitrogen functional groups attached to an aromatic ring is 1. The van der Waals surface area contributed by atoms with Crippen molar-refractivity contribution in [3.8, 4) is 0 Å². The molecular weight excluding hydrogens is 316 g/mol. The molecule has 21 heavy (non-hydrogen) atoms. The number of thiophene rings is 1. The van der Waals surface area contributed by atoms with Gasteiger partial charge in [0.05, 0.1) is 17.8 Å². The highest BCUT2D eigenvalue weighted by Gasteiger charge is 2.41. The van der Waals surface area contributed by atoms with Crippen molar-refractivity contribution < 1.29 is 27.2 Å². The Morgan fingerprint density at radius 2 is 1.95 bits per heavy atom. The summed E-state index contributed by atoms with van der Waals surface area (Å²) in [5, 5.41) is 3.95. The monoisotopic (exact) mass is 328 g/mol. The van der Waals surface area contributed by atoms with Gasteiger partial charge in [0.25, 0.3) is 11.8 Å². The molecule has 0 fully saturated rings. The molecule has 0 aromatic carbocycles. The molecule has 0 saturated heterocycles. The fourth-order valence-electron chi connectivity index (χ4n) is 1.37. The lowest BCUT2D eigenvalue weighted by Crippen LogP contribution is -2.35. The van der Waals surface area contributed by atoms with Crippen molar-refractivity contribution >= 4 is 33.8 Å². The van der Waals surface area contributed by atoms with E-state index in [0.717, 1.165) is 0 Å². The molecule has 6 N–H and O–H groups in total. The van der Waals surface area contributed by atoms with Crippen LogP contribution in [0.25, 0.3) is 0 Å². The van der Waals surface area contributed by atoms with E-state index >= 15 is 0 Å². The van der Waals surface area contributed by atoms with E-state index in [1.807, 2.05) is 5.32 Å². The standard InChI is InChI=1S/C10H12F4N4O2S/c1-17-7(20)5-4(15)3(6(16)19)8(21-5)18-2-10(13,14)9(11)12/h9,18H,2,15H2,1H3,(H2,16,19)(H,17,20). The first-order valence-electron chi connectivity index (χ1n) is 5.45. The second-order valence-corrected chi connectivity index (χ2v) is 4.93. The minimum Gasteiger partial charge on any atom is -0.397 e. The number of hydrogen-bond donors (Lipinski definition) is 4. The zero-order chi connectivity index (χ0) is 16.4. The zero-order valence-corrected chi connectivity index (χ0v) is 11.5. The Balaban J connectivity index is 3.12. The molecule has 0 unspecified atom stereocenters. The average molecular weight is 328 g/mol. The molecule has 118 valence electrons. The molecule has 0 atom stereocenters. The summed E-state index contributed by atoms with van der Waals surface area (Å²) in [7, 11) is 1.30. The summed E-state index contributed by atoms with van der Waals surface area (Å²) in [5.41, 5.74) is 9.92. The lowest BCUT2D eigenvalue weighted by Gasteiger charge is -2.16. The van der Waals surface area contributed by atoms with Gasteiger partial charge in [-0.15, -0.1) is 11.3 Å². The topological polar surface area (TPSA) is 110 Å². The summed E-state index contributed by atoms with van der Waals surface area (Å²) >= 11 is 0.572. The molecule has 0 bridgehead atoms. The van der Waals surface area contributed by atoms with Gasteiger partial charge in [0.2, 0.25) is 0 Å². The predicted molar refractivity (Wildman–Crippen MR) is 70.1 cm³/mol. The van der Waals surface area contributed by atoms with Crippen LogP contribution in [0.3, 0.4) is 0 Å². The van der Waals surface area contributed by atoms with E-state index in [0.29, 0.717) is 11.3 Å². The third kappa shape index (κ3) is 3.54. The van der Waals surface area contributed by atoms with Gasteiger partial charge < -0.3 is 22.1 Å². The van der Waals surface area contributed by atoms with Crippen LogP contribution >= 0.6 is 11.3 Å². The molecule has 0 aliphatic heterocycles. The van der Waals surface area contributed by atoms with Crippen molar-refractivity contribution in [2.24, 2.45) is 5.73 Å². The predicted octanol–water partition coefficient (Wildman–Crippen LogP) is 1.10. The maximum atomic E-state index is 12.9. The lowest BCUT2D eigenvalue weighted by molar-refractivity contribution is -0.117. The minimum absolute atomic E-state index is 0.130. The normalized spacial score (nSPS) is 11.5. The van der Waals surface area contributed by atoms with Crippen LogP contribution in [0.2, 0.25) is 0 Å². The summed E-state index contributed by atoms with van der Waals surface area (Å²) in [5.74, 6) is -6.03. The summed E-state index contributed by atoms with van der Waals surface area (Å²) in [6.07, 6.45) is -3.88. The maximum absolute atomic E-state index is 12.9. The van der Waals surface area contributed by atoms with Crippen molar-refractivity contribution in [3.63, 3.8) is 0 Å². The van der Waals surface area contributed by atoms with Crippen LogP contribution in [0.1, 0.15) is 20.0 Å². The van der Waals surface area contributed by atoms with Crippen LogP contribution in [0, 0.1) is 0 Å². The Morgan fingerprint density at radius 1 is 1.38 bits per heavy atom. The van der Waals surface area contributed by atoms with E-state index in [-0.39, 0.29) is 21.1 Å². The molecule has 1 aromatic rings. The SMILES string of the molecule is CNC(=O)c1sc(NCC(F)(F)C(F)F)c(C(N)=O)c1N. The van der Waals surface area contributed by atoms with Crippen molar-refractivity contribution in [2.45, 2.75) is 12.3 Å². The molecule has 0 saturated carbocycles. The fourth-order valence-corrected chi connectivity index (χ4v) is 2.44. The van der Waals surface area contributed by atoms with Gasteiger partial charge in [0, 0.05) is 7.05 Å². The Hall–Kier alpha value is -2.04. The number of nitrogens with two attached hydrogens (primary N) is 2. The van der Waals surface area contributed by atoms with Crippen molar-refractivity contribution in [3.05, 3.63) is 10.4 Å². The molecule has 0 spiro atoms. The molecule has 1 heterocycles. The van der Waals surface area contributed by atoms with Gasteiger partial charge in [-0.05, 0) is 0 Å². The summed E-state index contributed by atoms with van der Waals surface area (Å²) < 4.78 is 49.9. The Morgan fingerprint density at radius 3 is 2.38 bits per heavy atom. The van der Waals surface area contributed by atoms with Crippen LogP contribution < -0.4 is 22.1 Å². The Labute approximate surface area is 120 Å². The quantitative estimate of drug-likeness (QED) is 0.586. The number of carbonyl (C=O) groups excluding carboxylic acids is 2. The molecule has 11 heteroatoms. The first-order chi connectivity index (χ1) is 9.61. The molecule has 2 amide bonds. The summed E-state index contributed by atoms with van der Waals surface area (Å²) in [4.78, 5) is 22.6. The molecular formula is C10H12F4N4O2S. The van der Waals surface area contributed by atoms with Gasteiger partial charge in [-0.2, -0.15) is 8.78 Å². The van der Waals surface area contributed by atoms with Gasteiger partial charge >= 0.3 is 12.3 Å². The highest BCUT2D eigenvalue weighted by Crippen LogP contribution is 2.36. The third-order valence-electron chi connectivity index (χ3n) is 2.43. The second kappa shape index (κ2) is 6.16. The first-order valence-corrected chi connectivity index (χ1v) is 6.27. The number of alkyl halides is 4. The second-order valence-electron chi connectivity index (χ2n) is 3.91. The van der Waals surface area contributed by atoms with Crippen LogP contribution in [0.5, 0.6) is 0 Å². The zero-order valence-electron chi connectivity index (χ0n) is 10.7. The number of anilines is 2. The van der Waals surface area contributed by atoms with Gasteiger partial charge in [-0.3, -0.25) is 9.59 Å². The number of carbonyl (C=O) groups is 2. The molecule has 1 aromatic heterocycles. The molecule has 0 radical (unpaired) electrons. The van der Waals surface area contributed by atoms with E-state index in [4.69, 9.17) is 11.5 Å². The number of primary amides is 1. The number of hydrogen-bond acceptors (Lipinski definition) is 5. The molecule has 0 aliphatic rings. The van der Waals surface area contributed by atoms with Crippen LogP contribution in [-0.2, 0) is 0 Å². The summed E-state index contributed by atoms with van der Waals surface area (Å²) in [6, 6.07) is 0. The van der Waals surface area contributed by atoms with E-state index in [9.17, 15) is 27.2 Å². The van der Waals surface area contributed by atoms with Gasteiger partial charge in [-0.1, -0.05) is 0 Å². The highest BCUT2D eigenvalue weighted by atomic mass is 32.1. The average Bonchev–Trinajstić information content (AvgIpc) is 2.72. The van der Waals surface area contributed by atoms with E-state index in [1.54, 1.807) is 0 Å². The van der Waals surface area contributed by atoms with Gasteiger partial charge in [-0.25, -0.2) is 8.78 Å². The van der Waals surface area contributed by atoms with Crippen molar-refractivity contribution in [1.29, 1.82) is 0 Å². The summed E-state index contributed by atoms with van der Waals surface area (Å²) in [6.45, 7) is -1.43. The maximum Gasteiger partial charge on any atom is 0.324 e. The smallest absolute Gasteiger partial charge is 0.324 e. The molecule has 0 aliphatic carbocycles. The largest absolute Gasteiger partial charge is 0.397 e. The fraction of sp³-hybridized carbons (Fsp3) is 0.400. The van der Waals surface area contributed by atoms with Crippen LogP contribution in [0.4, 0.5) is 28.3 Å². The first kappa shape index (κ1) is 17.0. The third-order valence-corrected chi connectivity index (χ3v) is 3.59. The van der Waals surface area contributed by atoms with Crippen LogP contribution in [0.15, 0.2) is 0 Å². The molecule has 1 rings (SSSR count). The number of rotatable bonds is 6. The number of amides is 2. The van der Waals surface area contributed by atoms with Crippen molar-refractivity contribution in [2.75, 3.05) is 24.6 Å². The lowest BCUT2D eigenvalue weighted by atomic mass is 10.2. The van der Waals surface area contributed by atoms with E-state index in [2.05, 4.69) is 5.32 Å². The number of nitrogens with one attached hydrogen (secondary N) is 2. The number of halogens is 4. The highest BCUT2D eigenvalue weighted by molar-refractivity contribution is 7.19. The van der Waals surface area contributed by atoms with Crippen molar-refractivity contribution in [1.82, 2.24) is 5.32 Å². The Kier molecular flexibility index (Phi) is 4.99. The van der Waals surface area contributed by atoms with Gasteiger partial charge in [0.1, 0.15) is 9.88 Å². The van der Waals surface area contributed by atoms with E-state index in [1.165, 1.54) is 7.05 Å². The Bertz CT molecular complexity index is 561. The van der Waals surface area contributed by atoms with E-state index < -0.39 is 30.7 Å². The minimum atomic E-state index is -4.30. The molecule has 6 nitrogen and oxygen atoms in total.